The second-order valence-corrected chi connectivity index (χ2v) is 12.6. The van der Waals surface area contributed by atoms with Gasteiger partial charge in [0.05, 0.1) is 15.8 Å². The van der Waals surface area contributed by atoms with Crippen LogP contribution in [0.1, 0.15) is 57.5 Å². The number of sulfone groups is 1. The highest BCUT2D eigenvalue weighted by Gasteiger charge is 2.34. The predicted molar refractivity (Wildman–Crippen MR) is 139 cm³/mol. The normalized spacial score (nSPS) is 15.3. The fourth-order valence-electron chi connectivity index (χ4n) is 4.84. The number of thiazole rings is 1. The predicted octanol–water partition coefficient (Wildman–Crippen LogP) is 6.03. The largest absolute Gasteiger partial charge is 0.348 e. The highest BCUT2D eigenvalue weighted by molar-refractivity contribution is 7.92. The highest BCUT2D eigenvalue weighted by atomic mass is 32.2. The van der Waals surface area contributed by atoms with Crippen LogP contribution in [0.3, 0.4) is 0 Å². The molecule has 3 aromatic rings. The van der Waals surface area contributed by atoms with E-state index in [0.717, 1.165) is 52.6 Å². The number of aryl methyl sites for hydroxylation is 4. The van der Waals surface area contributed by atoms with Crippen LogP contribution in [-0.4, -0.2) is 31.7 Å². The first-order valence-corrected chi connectivity index (χ1v) is 14.1. The average molecular weight is 483 g/mol. The van der Waals surface area contributed by atoms with E-state index in [2.05, 4.69) is 48.4 Å². The molecule has 0 bridgehead atoms. The Hall–Kier alpha value is -2.18. The first-order valence-electron chi connectivity index (χ1n) is 11.6. The summed E-state index contributed by atoms with van der Waals surface area (Å²) in [5, 5.41) is 2.81. The zero-order chi connectivity index (χ0) is 23.9. The van der Waals surface area contributed by atoms with Gasteiger partial charge in [-0.05, 0) is 87.8 Å². The standard InChI is InChI=1S/C27H34N2O2S2/c1-17-7-8-18(2)23(13-17)15-24-16-32-27(28-24)29-11-9-25(10-12-29)33(30,31)26-21(5)19(3)14-20(4)22(26)6/h7-8,13-14,16,25H,9-12,15H2,1-6H3. The number of rotatable bonds is 5. The van der Waals surface area contributed by atoms with Crippen molar-refractivity contribution in [3.05, 3.63) is 74.3 Å². The van der Waals surface area contributed by atoms with Gasteiger partial charge in [0.1, 0.15) is 0 Å². The summed E-state index contributed by atoms with van der Waals surface area (Å²) in [6, 6.07) is 8.64. The molecule has 33 heavy (non-hydrogen) atoms. The van der Waals surface area contributed by atoms with Crippen LogP contribution in [0.5, 0.6) is 0 Å². The summed E-state index contributed by atoms with van der Waals surface area (Å²) in [6.07, 6.45) is 2.11. The topological polar surface area (TPSA) is 50.3 Å². The SMILES string of the molecule is Cc1ccc(C)c(Cc2csc(N3CCC(S(=O)(=O)c4c(C)c(C)cc(C)c4C)CC3)n2)c1. The molecule has 0 N–H and O–H groups in total. The average Bonchev–Trinajstić information content (AvgIpc) is 3.23. The van der Waals surface area contributed by atoms with Gasteiger partial charge in [-0.2, -0.15) is 0 Å². The van der Waals surface area contributed by atoms with Crippen molar-refractivity contribution in [3.8, 4) is 0 Å². The van der Waals surface area contributed by atoms with Gasteiger partial charge >= 0.3 is 0 Å². The van der Waals surface area contributed by atoms with E-state index >= 15 is 0 Å². The van der Waals surface area contributed by atoms with Gasteiger partial charge in [-0.15, -0.1) is 11.3 Å². The van der Waals surface area contributed by atoms with Crippen LogP contribution in [0.15, 0.2) is 34.5 Å². The molecule has 0 spiro atoms. The number of anilines is 1. The van der Waals surface area contributed by atoms with Crippen molar-refractivity contribution in [2.45, 2.75) is 71.0 Å². The van der Waals surface area contributed by atoms with E-state index in [9.17, 15) is 8.42 Å². The highest BCUT2D eigenvalue weighted by Crippen LogP contribution is 2.34. The summed E-state index contributed by atoms with van der Waals surface area (Å²) < 4.78 is 27.2. The molecule has 0 unspecified atom stereocenters. The third-order valence-electron chi connectivity index (χ3n) is 7.15. The summed E-state index contributed by atoms with van der Waals surface area (Å²) in [4.78, 5) is 7.71. The molecule has 1 aromatic heterocycles. The molecule has 2 aromatic carbocycles. The second-order valence-electron chi connectivity index (χ2n) is 9.55. The molecule has 0 amide bonds. The second kappa shape index (κ2) is 9.22. The van der Waals surface area contributed by atoms with Gasteiger partial charge < -0.3 is 4.90 Å². The maximum atomic E-state index is 13.6. The number of hydrogen-bond donors (Lipinski definition) is 0. The number of aromatic nitrogens is 1. The Morgan fingerprint density at radius 1 is 0.939 bits per heavy atom. The van der Waals surface area contributed by atoms with E-state index in [4.69, 9.17) is 4.98 Å². The quantitative estimate of drug-likeness (QED) is 0.446. The third kappa shape index (κ3) is 4.73. The Morgan fingerprint density at radius 2 is 1.58 bits per heavy atom. The first kappa shape index (κ1) is 24.0. The van der Waals surface area contributed by atoms with Gasteiger partial charge in [0, 0.05) is 24.9 Å². The Kier molecular flexibility index (Phi) is 6.70. The van der Waals surface area contributed by atoms with E-state index in [-0.39, 0.29) is 5.25 Å². The maximum absolute atomic E-state index is 13.6. The Bertz CT molecular complexity index is 1260. The van der Waals surface area contributed by atoms with Crippen molar-refractivity contribution in [1.82, 2.24) is 4.98 Å². The van der Waals surface area contributed by atoms with Gasteiger partial charge in [-0.25, -0.2) is 13.4 Å². The lowest BCUT2D eigenvalue weighted by Gasteiger charge is -2.32. The number of nitrogens with zero attached hydrogens (tertiary/aromatic N) is 2. The lowest BCUT2D eigenvalue weighted by Crippen LogP contribution is -2.39. The fourth-order valence-corrected chi connectivity index (χ4v) is 8.06. The molecule has 4 rings (SSSR count). The molecule has 0 atom stereocenters. The van der Waals surface area contributed by atoms with Gasteiger partial charge in [-0.1, -0.05) is 29.8 Å². The zero-order valence-electron chi connectivity index (χ0n) is 20.5. The smallest absolute Gasteiger partial charge is 0.185 e. The van der Waals surface area contributed by atoms with Crippen LogP contribution in [0, 0.1) is 41.5 Å². The summed E-state index contributed by atoms with van der Waals surface area (Å²) in [5.41, 5.74) is 8.85. The Balaban J connectivity index is 1.47. The molecular formula is C27H34N2O2S2. The third-order valence-corrected chi connectivity index (χ3v) is 10.6. The van der Waals surface area contributed by atoms with E-state index in [1.54, 1.807) is 11.3 Å². The van der Waals surface area contributed by atoms with Crippen LogP contribution < -0.4 is 4.90 Å². The minimum Gasteiger partial charge on any atom is -0.348 e. The minimum atomic E-state index is -3.36. The van der Waals surface area contributed by atoms with Crippen LogP contribution in [0.25, 0.3) is 0 Å². The summed E-state index contributed by atoms with van der Waals surface area (Å²) in [6.45, 7) is 13.6. The van der Waals surface area contributed by atoms with Crippen molar-refractivity contribution < 1.29 is 8.42 Å². The maximum Gasteiger partial charge on any atom is 0.185 e. The molecule has 1 fully saturated rings. The molecule has 4 nitrogen and oxygen atoms in total. The zero-order valence-corrected chi connectivity index (χ0v) is 22.2. The van der Waals surface area contributed by atoms with E-state index in [1.807, 2.05) is 27.7 Å². The summed E-state index contributed by atoms with van der Waals surface area (Å²) in [5.74, 6) is 0. The minimum absolute atomic E-state index is 0.332. The summed E-state index contributed by atoms with van der Waals surface area (Å²) in [7, 11) is -3.36. The Morgan fingerprint density at radius 3 is 2.21 bits per heavy atom. The van der Waals surface area contributed by atoms with Gasteiger partial charge in [0.15, 0.2) is 15.0 Å². The number of piperidine rings is 1. The number of hydrogen-bond acceptors (Lipinski definition) is 5. The van der Waals surface area contributed by atoms with Crippen LogP contribution >= 0.6 is 11.3 Å². The van der Waals surface area contributed by atoms with Gasteiger partial charge in [0.25, 0.3) is 0 Å². The fraction of sp³-hybridized carbons (Fsp3) is 0.444. The molecule has 0 aliphatic carbocycles. The molecule has 1 saturated heterocycles. The van der Waals surface area contributed by atoms with Crippen molar-refractivity contribution in [2.75, 3.05) is 18.0 Å². The molecule has 0 saturated carbocycles. The van der Waals surface area contributed by atoms with E-state index in [0.29, 0.717) is 17.7 Å². The van der Waals surface area contributed by atoms with Gasteiger partial charge in [0.2, 0.25) is 0 Å². The van der Waals surface area contributed by atoms with E-state index in [1.165, 1.54) is 16.7 Å². The molecule has 2 heterocycles. The Labute approximate surface area is 202 Å². The van der Waals surface area contributed by atoms with Crippen LogP contribution in [-0.2, 0) is 16.3 Å². The van der Waals surface area contributed by atoms with Crippen molar-refractivity contribution in [3.63, 3.8) is 0 Å². The molecule has 1 aliphatic heterocycles. The van der Waals surface area contributed by atoms with E-state index < -0.39 is 9.84 Å². The first-order chi connectivity index (χ1) is 15.6. The molecule has 176 valence electrons. The molecule has 0 radical (unpaired) electrons. The molecular weight excluding hydrogens is 448 g/mol. The molecule has 6 heteroatoms. The van der Waals surface area contributed by atoms with Crippen molar-refractivity contribution >= 4 is 26.3 Å². The lowest BCUT2D eigenvalue weighted by molar-refractivity contribution is 0.528. The van der Waals surface area contributed by atoms with Gasteiger partial charge in [-0.3, -0.25) is 0 Å². The van der Waals surface area contributed by atoms with Crippen molar-refractivity contribution in [1.29, 1.82) is 0 Å². The monoisotopic (exact) mass is 482 g/mol. The number of benzene rings is 2. The van der Waals surface area contributed by atoms with Crippen LogP contribution in [0.4, 0.5) is 5.13 Å². The molecule has 1 aliphatic rings. The van der Waals surface area contributed by atoms with Crippen LogP contribution in [0.2, 0.25) is 0 Å². The van der Waals surface area contributed by atoms with Crippen molar-refractivity contribution in [2.24, 2.45) is 0 Å². The summed E-state index contributed by atoms with van der Waals surface area (Å²) >= 11 is 1.66. The lowest BCUT2D eigenvalue weighted by atomic mass is 10.0.